The summed E-state index contributed by atoms with van der Waals surface area (Å²) in [7, 11) is 1.10. The lowest BCUT2D eigenvalue weighted by molar-refractivity contribution is 0.139. The molecule has 0 aliphatic rings. The number of hydrogen-bond acceptors (Lipinski definition) is 2. The third kappa shape index (κ3) is 5.53. The minimum absolute atomic E-state index is 0.0596. The van der Waals surface area contributed by atoms with Crippen LogP contribution in [0, 0.1) is 10.8 Å². The molecule has 0 saturated carbocycles. The summed E-state index contributed by atoms with van der Waals surface area (Å²) in [5.74, 6) is 0. The van der Waals surface area contributed by atoms with Gasteiger partial charge in [0.25, 0.3) is 0 Å². The molecule has 0 aliphatic heterocycles. The molecule has 0 fully saturated rings. The van der Waals surface area contributed by atoms with Crippen LogP contribution in [0.25, 0.3) is 0 Å². The zero-order valence-electron chi connectivity index (χ0n) is 22.5. The van der Waals surface area contributed by atoms with Gasteiger partial charge in [0.2, 0.25) is 0 Å². The number of rotatable bonds is 6. The van der Waals surface area contributed by atoms with Crippen molar-refractivity contribution in [2.75, 3.05) is 0 Å². The predicted molar refractivity (Wildman–Crippen MR) is 158 cm³/mol. The Morgan fingerprint density at radius 2 is 1.26 bits per heavy atom. The summed E-state index contributed by atoms with van der Waals surface area (Å²) in [4.78, 5) is 9.61. The number of nitrogens with zero attached hydrogens (tertiary/aromatic N) is 2. The summed E-state index contributed by atoms with van der Waals surface area (Å²) >= 11 is 0. The maximum absolute atomic E-state index is 4.80. The van der Waals surface area contributed by atoms with Crippen LogP contribution in [-0.2, 0) is 11.3 Å². The van der Waals surface area contributed by atoms with Crippen LogP contribution in [0.2, 0.25) is 19.6 Å². The molecule has 2 heterocycles. The summed E-state index contributed by atoms with van der Waals surface area (Å²) < 4.78 is 0. The predicted octanol–water partition coefficient (Wildman–Crippen LogP) is 6.82. The Labute approximate surface area is 212 Å². The normalized spacial score (nSPS) is 13.4. The van der Waals surface area contributed by atoms with Crippen LogP contribution in [0.3, 0.4) is 0 Å². The minimum atomic E-state index is -1.48. The topological polar surface area (TPSA) is 25.8 Å². The van der Waals surface area contributed by atoms with Crippen molar-refractivity contribution >= 4 is 41.3 Å². The van der Waals surface area contributed by atoms with Gasteiger partial charge in [-0.2, -0.15) is 0 Å². The molecular formula is C29H42N2P2Si. The molecule has 3 aromatic rings. The maximum atomic E-state index is 4.80. The molecule has 0 saturated heterocycles. The van der Waals surface area contributed by atoms with Gasteiger partial charge in [-0.3, -0.25) is 9.97 Å². The van der Waals surface area contributed by atoms with Crippen molar-refractivity contribution in [3.63, 3.8) is 0 Å². The van der Waals surface area contributed by atoms with Gasteiger partial charge in [0.1, 0.15) is 0 Å². The van der Waals surface area contributed by atoms with Gasteiger partial charge in [-0.15, -0.1) is 9.24 Å². The van der Waals surface area contributed by atoms with E-state index >= 15 is 0 Å². The van der Waals surface area contributed by atoms with E-state index in [4.69, 9.17) is 9.97 Å². The van der Waals surface area contributed by atoms with Crippen LogP contribution in [0.5, 0.6) is 0 Å². The SMILES string of the molecule is CC(C)(C)C(P)(c1ccc([Si](C)(C)C)cc1CP(c1ccccn1)c1ccccn1)C(C)(C)C. The molecule has 0 radical (unpaired) electrons. The average molecular weight is 509 g/mol. The molecule has 1 atom stereocenters. The highest BCUT2D eigenvalue weighted by atomic mass is 31.1. The van der Waals surface area contributed by atoms with E-state index in [-0.39, 0.29) is 16.0 Å². The van der Waals surface area contributed by atoms with Crippen LogP contribution in [-0.4, -0.2) is 18.0 Å². The number of aromatic nitrogens is 2. The number of pyridine rings is 2. The lowest BCUT2D eigenvalue weighted by atomic mass is 9.62. The summed E-state index contributed by atoms with van der Waals surface area (Å²) in [5.41, 5.74) is 5.29. The Morgan fingerprint density at radius 3 is 1.65 bits per heavy atom. The third-order valence-electron chi connectivity index (χ3n) is 6.94. The van der Waals surface area contributed by atoms with Crippen molar-refractivity contribution in [1.82, 2.24) is 9.97 Å². The lowest BCUT2D eigenvalue weighted by Crippen LogP contribution is -2.46. The summed E-state index contributed by atoms with van der Waals surface area (Å²) in [5, 5.41) is 1.42. The standard InChI is InChI=1S/C29H42N2P2Si/c1-27(2,3)29(32,28(4,5)6)24-17-16-23(34(7,8)9)20-22(24)21-33(25-14-10-12-18-30-25)26-15-11-13-19-31-26/h10-20H,21,32H2,1-9H3. The third-order valence-corrected chi connectivity index (χ3v) is 13.3. The first kappa shape index (κ1) is 27.2. The van der Waals surface area contributed by atoms with Gasteiger partial charge in [0.05, 0.1) is 18.9 Å². The van der Waals surface area contributed by atoms with E-state index in [1.807, 2.05) is 24.5 Å². The van der Waals surface area contributed by atoms with E-state index in [2.05, 4.69) is 113 Å². The lowest BCUT2D eigenvalue weighted by Gasteiger charge is -2.52. The quantitative estimate of drug-likeness (QED) is 0.270. The fourth-order valence-corrected chi connectivity index (χ4v) is 8.56. The molecule has 0 N–H and O–H groups in total. The zero-order chi connectivity index (χ0) is 25.4. The van der Waals surface area contributed by atoms with Crippen molar-refractivity contribution in [3.05, 3.63) is 78.1 Å². The van der Waals surface area contributed by atoms with Crippen molar-refractivity contribution in [1.29, 1.82) is 0 Å². The summed E-state index contributed by atoms with van der Waals surface area (Å²) in [6.07, 6.45) is 4.77. The first-order valence-electron chi connectivity index (χ1n) is 12.2. The van der Waals surface area contributed by atoms with Crippen molar-refractivity contribution in [2.24, 2.45) is 10.8 Å². The van der Waals surface area contributed by atoms with Gasteiger partial charge in [-0.1, -0.05) is 96.7 Å². The fourth-order valence-electron chi connectivity index (χ4n) is 4.99. The molecule has 1 unspecified atom stereocenters. The maximum Gasteiger partial charge on any atom is 0.0776 e. The van der Waals surface area contributed by atoms with Gasteiger partial charge in [0, 0.05) is 31.6 Å². The monoisotopic (exact) mass is 508 g/mol. The highest BCUT2D eigenvalue weighted by molar-refractivity contribution is 7.71. The first-order valence-corrected chi connectivity index (χ1v) is 17.8. The fraction of sp³-hybridized carbons (Fsp3) is 0.448. The van der Waals surface area contributed by atoms with Crippen molar-refractivity contribution in [3.8, 4) is 0 Å². The Morgan fingerprint density at radius 1 is 0.765 bits per heavy atom. The van der Waals surface area contributed by atoms with E-state index in [1.165, 1.54) is 16.3 Å². The van der Waals surface area contributed by atoms with Gasteiger partial charge in [-0.05, 0) is 46.2 Å². The van der Waals surface area contributed by atoms with Crippen LogP contribution in [0.4, 0.5) is 0 Å². The van der Waals surface area contributed by atoms with Gasteiger partial charge in [0.15, 0.2) is 0 Å². The van der Waals surface area contributed by atoms with Crippen LogP contribution < -0.4 is 16.1 Å². The van der Waals surface area contributed by atoms with E-state index in [0.29, 0.717) is 0 Å². The van der Waals surface area contributed by atoms with E-state index in [1.54, 1.807) is 0 Å². The molecule has 182 valence electrons. The Balaban J connectivity index is 2.28. The Kier molecular flexibility index (Phi) is 7.94. The zero-order valence-corrected chi connectivity index (χ0v) is 25.5. The van der Waals surface area contributed by atoms with E-state index < -0.39 is 16.0 Å². The smallest absolute Gasteiger partial charge is 0.0776 e. The Bertz CT molecular complexity index is 1040. The largest absolute Gasteiger partial charge is 0.256 e. The molecule has 34 heavy (non-hydrogen) atoms. The van der Waals surface area contributed by atoms with Crippen LogP contribution in [0.15, 0.2) is 67.0 Å². The molecule has 0 bridgehead atoms. The van der Waals surface area contributed by atoms with Crippen molar-refractivity contribution < 1.29 is 0 Å². The van der Waals surface area contributed by atoms with E-state index in [9.17, 15) is 0 Å². The molecule has 2 nitrogen and oxygen atoms in total. The van der Waals surface area contributed by atoms with Gasteiger partial charge >= 0.3 is 0 Å². The second kappa shape index (κ2) is 9.92. The Hall–Kier alpha value is -1.40. The minimum Gasteiger partial charge on any atom is -0.256 e. The highest BCUT2D eigenvalue weighted by Gasteiger charge is 2.49. The molecule has 5 heteroatoms. The molecule has 0 spiro atoms. The number of hydrogen-bond donors (Lipinski definition) is 0. The van der Waals surface area contributed by atoms with Crippen LogP contribution >= 0.6 is 17.2 Å². The first-order chi connectivity index (χ1) is 15.7. The summed E-state index contributed by atoms with van der Waals surface area (Å²) in [6, 6.07) is 19.9. The molecule has 0 aliphatic carbocycles. The average Bonchev–Trinajstić information content (AvgIpc) is 2.76. The summed E-state index contributed by atoms with van der Waals surface area (Å²) in [6.45, 7) is 21.6. The molecular weight excluding hydrogens is 466 g/mol. The van der Waals surface area contributed by atoms with Crippen LogP contribution in [0.1, 0.15) is 52.7 Å². The molecule has 1 aromatic carbocycles. The highest BCUT2D eigenvalue weighted by Crippen LogP contribution is 2.59. The second-order valence-electron chi connectivity index (χ2n) is 12.4. The molecule has 2 aromatic heterocycles. The number of benzene rings is 1. The van der Waals surface area contributed by atoms with Gasteiger partial charge in [-0.25, -0.2) is 0 Å². The molecule has 0 amide bonds. The van der Waals surface area contributed by atoms with E-state index in [0.717, 1.165) is 17.0 Å². The van der Waals surface area contributed by atoms with Crippen molar-refractivity contribution in [2.45, 2.75) is 72.5 Å². The van der Waals surface area contributed by atoms with Gasteiger partial charge < -0.3 is 0 Å². The molecule has 3 rings (SSSR count). The second-order valence-corrected chi connectivity index (χ2v) is 20.4.